The maximum atomic E-state index is 13.5. The summed E-state index contributed by atoms with van der Waals surface area (Å²) in [7, 11) is 3.04. The van der Waals surface area contributed by atoms with E-state index in [9.17, 15) is 14.7 Å². The summed E-state index contributed by atoms with van der Waals surface area (Å²) in [5.41, 5.74) is 2.99. The van der Waals surface area contributed by atoms with Crippen LogP contribution in [-0.4, -0.2) is 41.0 Å². The number of anilines is 1. The molecule has 0 bridgehead atoms. The van der Waals surface area contributed by atoms with Gasteiger partial charge >= 0.3 is 0 Å². The first-order chi connectivity index (χ1) is 17.5. The molecule has 182 valence electrons. The number of aliphatic hydroxyl groups excluding tert-OH is 1. The Kier molecular flexibility index (Phi) is 6.16. The molecule has 1 aromatic heterocycles. The third kappa shape index (κ3) is 4.07. The molecule has 1 aliphatic rings. The molecule has 0 radical (unpaired) electrons. The highest BCUT2D eigenvalue weighted by Crippen LogP contribution is 2.43. The smallest absolute Gasteiger partial charge is 0.296 e. The molecule has 8 heteroatoms. The maximum Gasteiger partial charge on any atom is 0.296 e. The minimum absolute atomic E-state index is 0.0311. The van der Waals surface area contributed by atoms with Crippen LogP contribution in [0.2, 0.25) is 0 Å². The van der Waals surface area contributed by atoms with Crippen molar-refractivity contribution < 1.29 is 24.2 Å². The number of benzene rings is 3. The topological polar surface area (TPSA) is 105 Å². The average molecular weight is 484 g/mol. The minimum atomic E-state index is -0.902. The summed E-state index contributed by atoms with van der Waals surface area (Å²) in [6, 6.07) is 21.2. The van der Waals surface area contributed by atoms with Crippen LogP contribution in [0.15, 0.2) is 84.1 Å². The summed E-state index contributed by atoms with van der Waals surface area (Å²) >= 11 is 0. The molecule has 0 spiro atoms. The van der Waals surface area contributed by atoms with Crippen molar-refractivity contribution in [3.63, 3.8) is 0 Å². The zero-order valence-corrected chi connectivity index (χ0v) is 19.9. The molecule has 0 fully saturated rings. The number of aryl methyl sites for hydroxylation is 1. The highest BCUT2D eigenvalue weighted by molar-refractivity contribution is 6.16. The van der Waals surface area contributed by atoms with E-state index < -0.39 is 17.7 Å². The van der Waals surface area contributed by atoms with Crippen molar-refractivity contribution in [2.75, 3.05) is 19.1 Å². The molecular formula is C28H25N3O5. The Bertz CT molecular complexity index is 1440. The van der Waals surface area contributed by atoms with Gasteiger partial charge in [-0.25, -0.2) is 4.98 Å². The van der Waals surface area contributed by atoms with Gasteiger partial charge in [0.1, 0.15) is 0 Å². The van der Waals surface area contributed by atoms with E-state index in [0.717, 1.165) is 11.1 Å². The SMILES string of the molecule is COc1ccc(C2C(C(=O)CCc3ccccc3)=C(O)C(=O)N2c2nc3ccccc3[nH]2)cc1OC. The van der Waals surface area contributed by atoms with Gasteiger partial charge in [-0.1, -0.05) is 48.5 Å². The van der Waals surface area contributed by atoms with Crippen LogP contribution in [0.3, 0.4) is 0 Å². The van der Waals surface area contributed by atoms with E-state index in [1.54, 1.807) is 18.2 Å². The van der Waals surface area contributed by atoms with Crippen molar-refractivity contribution >= 4 is 28.7 Å². The molecule has 1 amide bonds. The first-order valence-electron chi connectivity index (χ1n) is 11.5. The van der Waals surface area contributed by atoms with Crippen LogP contribution in [0.1, 0.15) is 23.6 Å². The summed E-state index contributed by atoms with van der Waals surface area (Å²) in [4.78, 5) is 35.9. The van der Waals surface area contributed by atoms with E-state index in [0.29, 0.717) is 29.0 Å². The summed E-state index contributed by atoms with van der Waals surface area (Å²) < 4.78 is 10.8. The van der Waals surface area contributed by atoms with Gasteiger partial charge in [0.25, 0.3) is 5.91 Å². The third-order valence-electron chi connectivity index (χ3n) is 6.32. The molecule has 36 heavy (non-hydrogen) atoms. The lowest BCUT2D eigenvalue weighted by atomic mass is 9.93. The van der Waals surface area contributed by atoms with Gasteiger partial charge in [-0.3, -0.25) is 14.5 Å². The van der Waals surface area contributed by atoms with E-state index in [1.165, 1.54) is 19.1 Å². The van der Waals surface area contributed by atoms with Crippen LogP contribution in [0.4, 0.5) is 5.95 Å². The van der Waals surface area contributed by atoms with Gasteiger partial charge in [0.2, 0.25) is 5.95 Å². The Morgan fingerprint density at radius 1 is 1.00 bits per heavy atom. The molecule has 1 unspecified atom stereocenters. The number of aromatic nitrogens is 2. The van der Waals surface area contributed by atoms with Gasteiger partial charge in [0.05, 0.1) is 36.9 Å². The van der Waals surface area contributed by atoms with Crippen molar-refractivity contribution in [3.8, 4) is 11.5 Å². The van der Waals surface area contributed by atoms with E-state index in [4.69, 9.17) is 9.47 Å². The van der Waals surface area contributed by atoms with Crippen molar-refractivity contribution in [3.05, 3.63) is 95.3 Å². The second-order valence-corrected chi connectivity index (χ2v) is 8.44. The molecule has 4 aromatic rings. The van der Waals surface area contributed by atoms with Gasteiger partial charge in [-0.15, -0.1) is 0 Å². The van der Waals surface area contributed by atoms with E-state index in [2.05, 4.69) is 9.97 Å². The third-order valence-corrected chi connectivity index (χ3v) is 6.32. The lowest BCUT2D eigenvalue weighted by Gasteiger charge is -2.25. The molecule has 0 saturated heterocycles. The number of fused-ring (bicyclic) bond motifs is 1. The number of rotatable bonds is 8. The number of amides is 1. The Morgan fingerprint density at radius 3 is 2.44 bits per heavy atom. The van der Waals surface area contributed by atoms with Crippen LogP contribution >= 0.6 is 0 Å². The molecule has 1 atom stereocenters. The lowest BCUT2D eigenvalue weighted by Crippen LogP contribution is -2.32. The molecule has 8 nitrogen and oxygen atoms in total. The predicted molar refractivity (Wildman–Crippen MR) is 135 cm³/mol. The number of methoxy groups -OCH3 is 2. The number of H-pyrrole nitrogens is 1. The first-order valence-corrected chi connectivity index (χ1v) is 11.5. The molecule has 1 aliphatic heterocycles. The Labute approximate surface area is 207 Å². The average Bonchev–Trinajstić information content (AvgIpc) is 3.45. The number of nitrogens with one attached hydrogen (secondary N) is 1. The Morgan fingerprint density at radius 2 is 1.72 bits per heavy atom. The molecule has 0 aliphatic carbocycles. The fourth-order valence-corrected chi connectivity index (χ4v) is 4.54. The fourth-order valence-electron chi connectivity index (χ4n) is 4.54. The van der Waals surface area contributed by atoms with Gasteiger partial charge in [0.15, 0.2) is 23.0 Å². The molecule has 0 saturated carbocycles. The quantitative estimate of drug-likeness (QED) is 0.377. The van der Waals surface area contributed by atoms with Crippen LogP contribution in [-0.2, 0) is 16.0 Å². The first kappa shape index (κ1) is 23.2. The maximum absolute atomic E-state index is 13.5. The van der Waals surface area contributed by atoms with Gasteiger partial charge < -0.3 is 19.6 Å². The van der Waals surface area contributed by atoms with Gasteiger partial charge in [-0.05, 0) is 41.8 Å². The van der Waals surface area contributed by atoms with Gasteiger partial charge in [0, 0.05) is 6.42 Å². The molecule has 3 aromatic carbocycles. The molecule has 2 N–H and O–H groups in total. The van der Waals surface area contributed by atoms with Crippen molar-refractivity contribution in [1.29, 1.82) is 0 Å². The highest BCUT2D eigenvalue weighted by Gasteiger charge is 2.45. The van der Waals surface area contributed by atoms with E-state index in [-0.39, 0.29) is 23.7 Å². The Balaban J connectivity index is 1.59. The zero-order valence-electron chi connectivity index (χ0n) is 19.9. The number of para-hydroxylation sites is 2. The van der Waals surface area contributed by atoms with Crippen LogP contribution in [0, 0.1) is 0 Å². The molecule has 2 heterocycles. The number of hydrogen-bond donors (Lipinski definition) is 2. The standard InChI is InChI=1S/C28H25N3O5/c1-35-22-15-13-18(16-23(22)36-2)25-24(21(32)14-12-17-8-4-3-5-9-17)26(33)27(34)31(25)28-29-19-10-6-7-11-20(19)30-28/h3-11,13,15-16,25,33H,12,14H2,1-2H3,(H,29,30). The van der Waals surface area contributed by atoms with E-state index in [1.807, 2.05) is 54.6 Å². The van der Waals surface area contributed by atoms with Crippen LogP contribution in [0.25, 0.3) is 11.0 Å². The zero-order chi connectivity index (χ0) is 25.2. The largest absolute Gasteiger partial charge is 0.503 e. The number of ketones is 1. The molecular weight excluding hydrogens is 458 g/mol. The number of nitrogens with zero attached hydrogens (tertiary/aromatic N) is 2. The number of aliphatic hydroxyl groups is 1. The number of carbonyl (C=O) groups excluding carboxylic acids is 2. The monoisotopic (exact) mass is 483 g/mol. The summed E-state index contributed by atoms with van der Waals surface area (Å²) in [6.45, 7) is 0. The second-order valence-electron chi connectivity index (χ2n) is 8.44. The Hall–Kier alpha value is -4.59. The molecule has 5 rings (SSSR count). The number of imidazole rings is 1. The predicted octanol–water partition coefficient (Wildman–Crippen LogP) is 4.68. The fraction of sp³-hybridized carbons (Fsp3) is 0.179. The number of carbonyl (C=O) groups is 2. The number of hydrogen-bond acceptors (Lipinski definition) is 6. The number of Topliss-reactive ketones (excluding diaryl/α,β-unsaturated/α-hetero) is 1. The van der Waals surface area contributed by atoms with Crippen LogP contribution < -0.4 is 14.4 Å². The van der Waals surface area contributed by atoms with Gasteiger partial charge in [-0.2, -0.15) is 0 Å². The highest BCUT2D eigenvalue weighted by atomic mass is 16.5. The summed E-state index contributed by atoms with van der Waals surface area (Å²) in [5.74, 6) is -0.410. The summed E-state index contributed by atoms with van der Waals surface area (Å²) in [5, 5.41) is 11.0. The van der Waals surface area contributed by atoms with Crippen molar-refractivity contribution in [1.82, 2.24) is 9.97 Å². The lowest BCUT2D eigenvalue weighted by molar-refractivity contribution is -0.118. The number of aromatic amines is 1. The minimum Gasteiger partial charge on any atom is -0.503 e. The van der Waals surface area contributed by atoms with Crippen LogP contribution in [0.5, 0.6) is 11.5 Å². The summed E-state index contributed by atoms with van der Waals surface area (Å²) in [6.07, 6.45) is 0.613. The van der Waals surface area contributed by atoms with Crippen molar-refractivity contribution in [2.24, 2.45) is 0 Å². The number of ether oxygens (including phenoxy) is 2. The normalized spacial score (nSPS) is 15.6. The van der Waals surface area contributed by atoms with Crippen molar-refractivity contribution in [2.45, 2.75) is 18.9 Å². The second kappa shape index (κ2) is 9.58. The van der Waals surface area contributed by atoms with E-state index >= 15 is 0 Å².